The summed E-state index contributed by atoms with van der Waals surface area (Å²) >= 11 is 0. The van der Waals surface area contributed by atoms with E-state index in [-0.39, 0.29) is 11.9 Å². The van der Waals surface area contributed by atoms with Gasteiger partial charge in [0, 0.05) is 19.6 Å². The highest BCUT2D eigenvalue weighted by Gasteiger charge is 2.30. The molecule has 1 atom stereocenters. The van der Waals surface area contributed by atoms with E-state index in [2.05, 4.69) is 36.5 Å². The summed E-state index contributed by atoms with van der Waals surface area (Å²) in [5.74, 6) is 1.02. The second kappa shape index (κ2) is 8.23. The van der Waals surface area contributed by atoms with Crippen molar-refractivity contribution in [2.45, 2.75) is 19.4 Å². The van der Waals surface area contributed by atoms with Crippen molar-refractivity contribution in [3.63, 3.8) is 0 Å². The van der Waals surface area contributed by atoms with E-state index >= 15 is 0 Å². The second-order valence-electron chi connectivity index (χ2n) is 6.35. The van der Waals surface area contributed by atoms with Crippen LogP contribution in [0.25, 0.3) is 0 Å². The molecule has 1 aliphatic rings. The summed E-state index contributed by atoms with van der Waals surface area (Å²) in [5, 5.41) is 3.40. The molecule has 26 heavy (non-hydrogen) atoms. The van der Waals surface area contributed by atoms with Gasteiger partial charge in [0.15, 0.2) is 11.5 Å². The Kier molecular flexibility index (Phi) is 5.78. The topological polar surface area (TPSA) is 50.8 Å². The number of hydrogen-bond donors (Lipinski definition) is 1. The van der Waals surface area contributed by atoms with Crippen molar-refractivity contribution in [3.05, 3.63) is 59.2 Å². The van der Waals surface area contributed by atoms with Gasteiger partial charge < -0.3 is 19.7 Å². The highest BCUT2D eigenvalue weighted by molar-refractivity contribution is 5.98. The number of carbonyl (C=O) groups excluding carboxylic acids is 1. The fourth-order valence-corrected chi connectivity index (χ4v) is 3.43. The highest BCUT2D eigenvalue weighted by Crippen LogP contribution is 2.33. The van der Waals surface area contributed by atoms with Gasteiger partial charge in [-0.25, -0.2) is 0 Å². The van der Waals surface area contributed by atoms with Gasteiger partial charge in [0.05, 0.1) is 25.8 Å². The molecule has 0 saturated carbocycles. The molecule has 1 unspecified atom stereocenters. The van der Waals surface area contributed by atoms with Gasteiger partial charge in [0.25, 0.3) is 5.91 Å². The number of aryl methyl sites for hydroxylation is 1. The quantitative estimate of drug-likeness (QED) is 0.897. The summed E-state index contributed by atoms with van der Waals surface area (Å²) in [5.41, 5.74) is 2.97. The highest BCUT2D eigenvalue weighted by atomic mass is 16.5. The maximum Gasteiger partial charge on any atom is 0.258 e. The maximum absolute atomic E-state index is 13.3. The molecule has 2 aromatic carbocycles. The first-order valence-corrected chi connectivity index (χ1v) is 9.01. The van der Waals surface area contributed by atoms with Crippen molar-refractivity contribution in [2.24, 2.45) is 0 Å². The van der Waals surface area contributed by atoms with E-state index in [9.17, 15) is 4.79 Å². The summed E-state index contributed by atoms with van der Waals surface area (Å²) in [7, 11) is 3.14. The molecule has 1 aliphatic heterocycles. The fraction of sp³-hybridized carbons (Fsp3) is 0.381. The summed E-state index contributed by atoms with van der Waals surface area (Å²) in [6, 6.07) is 13.9. The first-order chi connectivity index (χ1) is 12.7. The molecular weight excluding hydrogens is 328 g/mol. The van der Waals surface area contributed by atoms with Crippen LogP contribution in [0.1, 0.15) is 34.5 Å². The van der Waals surface area contributed by atoms with Crippen LogP contribution in [0.4, 0.5) is 0 Å². The third-order valence-corrected chi connectivity index (χ3v) is 4.91. The summed E-state index contributed by atoms with van der Waals surface area (Å²) < 4.78 is 10.8. The number of benzene rings is 2. The normalized spacial score (nSPS) is 17.0. The van der Waals surface area contributed by atoms with Gasteiger partial charge in [-0.3, -0.25) is 4.79 Å². The molecule has 1 amide bonds. The Hall–Kier alpha value is -2.53. The molecular formula is C21H26N2O3. The molecule has 138 valence electrons. The van der Waals surface area contributed by atoms with Crippen molar-refractivity contribution < 1.29 is 14.3 Å². The van der Waals surface area contributed by atoms with Crippen LogP contribution in [0, 0.1) is 0 Å². The van der Waals surface area contributed by atoms with E-state index in [4.69, 9.17) is 9.47 Å². The van der Waals surface area contributed by atoms with Gasteiger partial charge in [0.1, 0.15) is 0 Å². The zero-order chi connectivity index (χ0) is 18.5. The largest absolute Gasteiger partial charge is 0.493 e. The van der Waals surface area contributed by atoms with Crippen molar-refractivity contribution in [3.8, 4) is 11.5 Å². The van der Waals surface area contributed by atoms with Crippen molar-refractivity contribution in [1.29, 1.82) is 0 Å². The molecule has 3 rings (SSSR count). The van der Waals surface area contributed by atoms with Crippen LogP contribution < -0.4 is 14.8 Å². The number of methoxy groups -OCH3 is 2. The summed E-state index contributed by atoms with van der Waals surface area (Å²) in [6.45, 7) is 4.31. The van der Waals surface area contributed by atoms with Crippen LogP contribution in [0.3, 0.4) is 0 Å². The third-order valence-electron chi connectivity index (χ3n) is 4.91. The first kappa shape index (κ1) is 18.3. The number of piperazine rings is 1. The van der Waals surface area contributed by atoms with Crippen LogP contribution in [0.2, 0.25) is 0 Å². The molecule has 1 N–H and O–H groups in total. The van der Waals surface area contributed by atoms with Gasteiger partial charge in [-0.05, 0) is 29.7 Å². The molecule has 1 heterocycles. The number of amides is 1. The summed E-state index contributed by atoms with van der Waals surface area (Å²) in [6.07, 6.45) is 1.01. The minimum atomic E-state index is -0.0354. The smallest absolute Gasteiger partial charge is 0.258 e. The Labute approximate surface area is 154 Å². The molecule has 1 fully saturated rings. The van der Waals surface area contributed by atoms with Crippen molar-refractivity contribution >= 4 is 5.91 Å². The molecule has 1 saturated heterocycles. The second-order valence-corrected chi connectivity index (χ2v) is 6.35. The monoisotopic (exact) mass is 354 g/mol. The van der Waals surface area contributed by atoms with Crippen molar-refractivity contribution in [1.82, 2.24) is 10.2 Å². The number of nitrogens with zero attached hydrogens (tertiary/aromatic N) is 1. The minimum absolute atomic E-state index is 0.00179. The molecule has 0 bridgehead atoms. The lowest BCUT2D eigenvalue weighted by Crippen LogP contribution is -2.48. The Bertz CT molecular complexity index is 758. The molecule has 5 nitrogen and oxygen atoms in total. The predicted octanol–water partition coefficient (Wildman–Crippen LogP) is 3.05. The van der Waals surface area contributed by atoms with E-state index in [0.29, 0.717) is 23.6 Å². The lowest BCUT2D eigenvalue weighted by Gasteiger charge is -2.37. The van der Waals surface area contributed by atoms with Gasteiger partial charge in [-0.15, -0.1) is 0 Å². The number of hydrogen-bond acceptors (Lipinski definition) is 4. The molecule has 0 spiro atoms. The zero-order valence-corrected chi connectivity index (χ0v) is 15.6. The number of nitrogens with one attached hydrogen (secondary N) is 1. The molecule has 5 heteroatoms. The molecule has 0 aliphatic carbocycles. The molecule has 0 aromatic heterocycles. The molecule has 0 radical (unpaired) electrons. The number of carbonyl (C=O) groups is 1. The number of ether oxygens (including phenoxy) is 2. The first-order valence-electron chi connectivity index (χ1n) is 9.01. The summed E-state index contributed by atoms with van der Waals surface area (Å²) in [4.78, 5) is 15.2. The third kappa shape index (κ3) is 3.53. The average molecular weight is 354 g/mol. The van der Waals surface area contributed by atoms with Gasteiger partial charge in [0.2, 0.25) is 0 Å². The Morgan fingerprint density at radius 3 is 2.58 bits per heavy atom. The SMILES string of the molecule is CCc1ccc(C2CNCCN2C(=O)c2cccc(OC)c2OC)cc1. The van der Waals surface area contributed by atoms with Gasteiger partial charge in [-0.1, -0.05) is 37.3 Å². The van der Waals surface area contributed by atoms with Gasteiger partial charge >= 0.3 is 0 Å². The minimum Gasteiger partial charge on any atom is -0.493 e. The van der Waals surface area contributed by atoms with E-state index in [1.807, 2.05) is 11.0 Å². The number of rotatable bonds is 5. The standard InChI is InChI=1S/C21H26N2O3/c1-4-15-8-10-16(11-9-15)18-14-22-12-13-23(18)21(24)17-6-5-7-19(25-2)20(17)26-3/h5-11,18,22H,4,12-14H2,1-3H3. The number of para-hydroxylation sites is 1. The lowest BCUT2D eigenvalue weighted by atomic mass is 9.99. The van der Waals surface area contributed by atoms with Crippen LogP contribution in [-0.2, 0) is 6.42 Å². The predicted molar refractivity (Wildman–Crippen MR) is 102 cm³/mol. The van der Waals surface area contributed by atoms with Crippen LogP contribution >= 0.6 is 0 Å². The van der Waals surface area contributed by atoms with Gasteiger partial charge in [-0.2, -0.15) is 0 Å². The fourth-order valence-electron chi connectivity index (χ4n) is 3.43. The van der Waals surface area contributed by atoms with Crippen LogP contribution in [0.5, 0.6) is 11.5 Å². The molecule has 2 aromatic rings. The zero-order valence-electron chi connectivity index (χ0n) is 15.6. The van der Waals surface area contributed by atoms with Crippen molar-refractivity contribution in [2.75, 3.05) is 33.9 Å². The average Bonchev–Trinajstić information content (AvgIpc) is 2.72. The van der Waals surface area contributed by atoms with Crippen LogP contribution in [0.15, 0.2) is 42.5 Å². The maximum atomic E-state index is 13.3. The van der Waals surface area contributed by atoms with E-state index < -0.39 is 0 Å². The Morgan fingerprint density at radius 2 is 1.92 bits per heavy atom. The Balaban J connectivity index is 1.93. The Morgan fingerprint density at radius 1 is 1.15 bits per heavy atom. The lowest BCUT2D eigenvalue weighted by molar-refractivity contribution is 0.0630. The van der Waals surface area contributed by atoms with E-state index in [1.165, 1.54) is 5.56 Å². The van der Waals surface area contributed by atoms with E-state index in [0.717, 1.165) is 25.1 Å². The van der Waals surface area contributed by atoms with E-state index in [1.54, 1.807) is 26.4 Å². The van der Waals surface area contributed by atoms with Crippen LogP contribution in [-0.4, -0.2) is 44.7 Å².